The summed E-state index contributed by atoms with van der Waals surface area (Å²) >= 11 is 0. The zero-order valence-electron chi connectivity index (χ0n) is 27.5. The number of hydrogen-bond donors (Lipinski definition) is 0. The molecule has 0 atom stereocenters. The van der Waals surface area contributed by atoms with Crippen molar-refractivity contribution in [3.05, 3.63) is 176 Å². The highest BCUT2D eigenvalue weighted by Crippen LogP contribution is 2.42. The fraction of sp³-hybridized carbons (Fsp3) is 0. The number of fused-ring (bicyclic) bond motifs is 7. The van der Waals surface area contributed by atoms with Crippen molar-refractivity contribution >= 4 is 43.6 Å². The molecular formula is C47H29N3O. The van der Waals surface area contributed by atoms with E-state index in [1.165, 1.54) is 11.1 Å². The molecule has 3 heterocycles. The van der Waals surface area contributed by atoms with Crippen molar-refractivity contribution < 1.29 is 4.42 Å². The Morgan fingerprint density at radius 3 is 1.63 bits per heavy atom. The fourth-order valence-corrected chi connectivity index (χ4v) is 7.16. The number of rotatable bonds is 5. The average Bonchev–Trinajstić information content (AvgIpc) is 3.61. The molecule has 0 aliphatic carbocycles. The van der Waals surface area contributed by atoms with Crippen LogP contribution in [0.4, 0.5) is 0 Å². The molecule has 0 unspecified atom stereocenters. The highest BCUT2D eigenvalue weighted by atomic mass is 16.3. The first-order chi connectivity index (χ1) is 25.3. The number of para-hydroxylation sites is 1. The lowest BCUT2D eigenvalue weighted by molar-refractivity contribution is 0.673. The number of aromatic nitrogens is 3. The van der Waals surface area contributed by atoms with E-state index in [-0.39, 0.29) is 0 Å². The standard InChI is InChI=1S/C47H29N3O/c1-3-11-30(12-4-1)31-19-21-33(22-20-31)40-29-41(50-47(49-40)36-14-5-2-6-15-36)34-23-25-35(26-24-34)45-44-38-17-9-10-18-42(38)51-46(44)43-37-16-8-7-13-32(37)27-28-39(43)48-45/h1-29H. The lowest BCUT2D eigenvalue weighted by atomic mass is 9.98. The van der Waals surface area contributed by atoms with Crippen LogP contribution < -0.4 is 0 Å². The molecule has 0 N–H and O–H groups in total. The number of benzene rings is 7. The molecule has 0 amide bonds. The highest BCUT2D eigenvalue weighted by Gasteiger charge is 2.19. The van der Waals surface area contributed by atoms with Gasteiger partial charge in [0.1, 0.15) is 11.2 Å². The van der Waals surface area contributed by atoms with Crippen molar-refractivity contribution in [1.29, 1.82) is 0 Å². The monoisotopic (exact) mass is 651 g/mol. The summed E-state index contributed by atoms with van der Waals surface area (Å²) in [4.78, 5) is 15.4. The minimum Gasteiger partial charge on any atom is -0.455 e. The maximum atomic E-state index is 6.61. The molecule has 4 nitrogen and oxygen atoms in total. The summed E-state index contributed by atoms with van der Waals surface area (Å²) in [7, 11) is 0. The second kappa shape index (κ2) is 11.9. The maximum Gasteiger partial charge on any atom is 0.160 e. The van der Waals surface area contributed by atoms with E-state index in [1.54, 1.807) is 0 Å². The Morgan fingerprint density at radius 2 is 0.922 bits per heavy atom. The zero-order valence-corrected chi connectivity index (χ0v) is 27.5. The van der Waals surface area contributed by atoms with Gasteiger partial charge in [0.2, 0.25) is 0 Å². The molecule has 0 saturated carbocycles. The normalized spacial score (nSPS) is 11.5. The number of pyridine rings is 1. The number of hydrogen-bond acceptors (Lipinski definition) is 4. The van der Waals surface area contributed by atoms with Gasteiger partial charge in [0.15, 0.2) is 5.82 Å². The first-order valence-corrected chi connectivity index (χ1v) is 17.1. The Morgan fingerprint density at radius 1 is 0.373 bits per heavy atom. The van der Waals surface area contributed by atoms with Gasteiger partial charge in [0.25, 0.3) is 0 Å². The Hall–Kier alpha value is -6.91. The van der Waals surface area contributed by atoms with Gasteiger partial charge in [-0.2, -0.15) is 0 Å². The topological polar surface area (TPSA) is 51.8 Å². The molecule has 4 heteroatoms. The van der Waals surface area contributed by atoms with Crippen LogP contribution >= 0.6 is 0 Å². The molecule has 0 radical (unpaired) electrons. The van der Waals surface area contributed by atoms with Crippen LogP contribution in [0.3, 0.4) is 0 Å². The minimum absolute atomic E-state index is 0.689. The van der Waals surface area contributed by atoms with E-state index in [1.807, 2.05) is 36.4 Å². The van der Waals surface area contributed by atoms with Crippen molar-refractivity contribution in [2.45, 2.75) is 0 Å². The molecule has 0 spiro atoms. The van der Waals surface area contributed by atoms with Gasteiger partial charge in [-0.25, -0.2) is 15.0 Å². The third-order valence-electron chi connectivity index (χ3n) is 9.70. The van der Waals surface area contributed by atoms with Crippen molar-refractivity contribution in [3.63, 3.8) is 0 Å². The number of furan rings is 1. The van der Waals surface area contributed by atoms with Crippen LogP contribution in [0.5, 0.6) is 0 Å². The second-order valence-electron chi connectivity index (χ2n) is 12.8. The van der Waals surface area contributed by atoms with Crippen LogP contribution in [0.1, 0.15) is 0 Å². The summed E-state index contributed by atoms with van der Waals surface area (Å²) in [6.07, 6.45) is 0. The van der Waals surface area contributed by atoms with E-state index in [0.29, 0.717) is 5.82 Å². The quantitative estimate of drug-likeness (QED) is 0.174. The molecule has 0 saturated heterocycles. The van der Waals surface area contributed by atoms with Gasteiger partial charge in [0, 0.05) is 27.6 Å². The van der Waals surface area contributed by atoms with Crippen LogP contribution in [0, 0.1) is 0 Å². The van der Waals surface area contributed by atoms with Crippen LogP contribution in [-0.2, 0) is 0 Å². The first kappa shape index (κ1) is 29.0. The molecule has 0 bridgehead atoms. The van der Waals surface area contributed by atoms with Crippen LogP contribution in [0.15, 0.2) is 180 Å². The third-order valence-corrected chi connectivity index (χ3v) is 9.70. The highest BCUT2D eigenvalue weighted by molar-refractivity contribution is 6.25. The van der Waals surface area contributed by atoms with E-state index in [0.717, 1.165) is 82.9 Å². The summed E-state index contributed by atoms with van der Waals surface area (Å²) in [5, 5.41) is 5.42. The Kier molecular flexibility index (Phi) is 6.78. The molecule has 10 aromatic rings. The smallest absolute Gasteiger partial charge is 0.160 e. The zero-order chi connectivity index (χ0) is 33.7. The Balaban J connectivity index is 1.11. The summed E-state index contributed by atoms with van der Waals surface area (Å²) in [5.74, 6) is 0.689. The van der Waals surface area contributed by atoms with E-state index >= 15 is 0 Å². The van der Waals surface area contributed by atoms with Crippen LogP contribution in [0.25, 0.3) is 99.9 Å². The molecule has 51 heavy (non-hydrogen) atoms. The van der Waals surface area contributed by atoms with Crippen molar-refractivity contribution in [3.8, 4) is 56.3 Å². The van der Waals surface area contributed by atoms with E-state index < -0.39 is 0 Å². The Labute approximate surface area is 294 Å². The molecule has 0 aliphatic heterocycles. The van der Waals surface area contributed by atoms with Crippen LogP contribution in [0.2, 0.25) is 0 Å². The van der Waals surface area contributed by atoms with E-state index in [4.69, 9.17) is 19.4 Å². The molecule has 0 fully saturated rings. The summed E-state index contributed by atoms with van der Waals surface area (Å²) in [6, 6.07) is 60.7. The molecule has 0 aliphatic rings. The molecule has 3 aromatic heterocycles. The fourth-order valence-electron chi connectivity index (χ4n) is 7.16. The first-order valence-electron chi connectivity index (χ1n) is 17.1. The lowest BCUT2D eigenvalue weighted by Gasteiger charge is -2.11. The van der Waals surface area contributed by atoms with Gasteiger partial charge in [-0.05, 0) is 40.1 Å². The van der Waals surface area contributed by atoms with Crippen molar-refractivity contribution in [1.82, 2.24) is 15.0 Å². The van der Waals surface area contributed by atoms with E-state index in [9.17, 15) is 0 Å². The summed E-state index contributed by atoms with van der Waals surface area (Å²) in [6.45, 7) is 0. The second-order valence-corrected chi connectivity index (χ2v) is 12.8. The largest absolute Gasteiger partial charge is 0.455 e. The van der Waals surface area contributed by atoms with Gasteiger partial charge in [0.05, 0.1) is 33.4 Å². The van der Waals surface area contributed by atoms with Gasteiger partial charge >= 0.3 is 0 Å². The third kappa shape index (κ3) is 5.04. The van der Waals surface area contributed by atoms with Gasteiger partial charge in [-0.1, -0.05) is 158 Å². The molecule has 7 aromatic carbocycles. The molecule has 10 rings (SSSR count). The average molecular weight is 652 g/mol. The number of nitrogens with zero attached hydrogens (tertiary/aromatic N) is 3. The minimum atomic E-state index is 0.689. The van der Waals surface area contributed by atoms with Gasteiger partial charge < -0.3 is 4.42 Å². The maximum absolute atomic E-state index is 6.61. The Bertz CT molecular complexity index is 2880. The molecular weight excluding hydrogens is 623 g/mol. The predicted octanol–water partition coefficient (Wildman–Crippen LogP) is 12.4. The van der Waals surface area contributed by atoms with Crippen LogP contribution in [-0.4, -0.2) is 15.0 Å². The predicted molar refractivity (Wildman–Crippen MR) is 209 cm³/mol. The van der Waals surface area contributed by atoms with Gasteiger partial charge in [-0.3, -0.25) is 0 Å². The summed E-state index contributed by atoms with van der Waals surface area (Å²) < 4.78 is 6.61. The summed E-state index contributed by atoms with van der Waals surface area (Å²) in [5.41, 5.74) is 11.6. The lowest BCUT2D eigenvalue weighted by Crippen LogP contribution is -1.96. The molecule has 238 valence electrons. The van der Waals surface area contributed by atoms with Crippen molar-refractivity contribution in [2.24, 2.45) is 0 Å². The van der Waals surface area contributed by atoms with Crippen molar-refractivity contribution in [2.75, 3.05) is 0 Å². The SMILES string of the molecule is c1ccc(-c2ccc(-c3cc(-c4ccc(-c5nc6ccc7ccccc7c6c6oc7ccccc7c56)cc4)nc(-c4ccccc4)n3)cc2)cc1. The van der Waals surface area contributed by atoms with Gasteiger partial charge in [-0.15, -0.1) is 0 Å². The van der Waals surface area contributed by atoms with E-state index in [2.05, 4.69) is 140 Å².